The van der Waals surface area contributed by atoms with Gasteiger partial charge in [-0.15, -0.1) is 0 Å². The van der Waals surface area contributed by atoms with Gasteiger partial charge in [-0.05, 0) is 25.1 Å². The van der Waals surface area contributed by atoms with Gasteiger partial charge in [-0.25, -0.2) is 4.98 Å². The van der Waals surface area contributed by atoms with Crippen molar-refractivity contribution < 1.29 is 23.1 Å². The molecular formula is C23H19F3N6O2. The van der Waals surface area contributed by atoms with Gasteiger partial charge in [0.05, 0.1) is 23.0 Å². The molecule has 1 unspecified atom stereocenters. The van der Waals surface area contributed by atoms with Crippen LogP contribution in [0.5, 0.6) is 0 Å². The number of halogens is 3. The molecule has 0 saturated heterocycles. The number of hydrogen-bond acceptors (Lipinski definition) is 7. The van der Waals surface area contributed by atoms with E-state index in [0.29, 0.717) is 22.8 Å². The number of aliphatic hydroxyl groups excluding tert-OH is 1. The number of pyridine rings is 4. The number of amides is 1. The van der Waals surface area contributed by atoms with Crippen molar-refractivity contribution in [3.05, 3.63) is 72.1 Å². The van der Waals surface area contributed by atoms with Crippen LogP contribution in [0.4, 0.5) is 24.7 Å². The molecule has 0 aliphatic heterocycles. The Balaban J connectivity index is 1.61. The first-order valence-electron chi connectivity index (χ1n) is 10.1. The average Bonchev–Trinajstić information content (AvgIpc) is 2.83. The number of alkyl halides is 3. The zero-order chi connectivity index (χ0) is 24.5. The van der Waals surface area contributed by atoms with Crippen LogP contribution in [0, 0.1) is 6.92 Å². The summed E-state index contributed by atoms with van der Waals surface area (Å²) in [5, 5.41) is 15.8. The van der Waals surface area contributed by atoms with Crippen molar-refractivity contribution in [2.75, 3.05) is 17.7 Å². The fourth-order valence-electron chi connectivity index (χ4n) is 3.32. The number of rotatable bonds is 5. The van der Waals surface area contributed by atoms with Crippen molar-refractivity contribution in [3.63, 3.8) is 0 Å². The van der Waals surface area contributed by atoms with Crippen molar-refractivity contribution >= 4 is 28.3 Å². The highest BCUT2D eigenvalue weighted by molar-refractivity contribution is 6.04. The van der Waals surface area contributed by atoms with Crippen LogP contribution < -0.4 is 10.6 Å². The molecule has 1 amide bonds. The Morgan fingerprint density at radius 1 is 1.00 bits per heavy atom. The lowest BCUT2D eigenvalue weighted by Crippen LogP contribution is -2.21. The molecule has 4 aromatic rings. The summed E-state index contributed by atoms with van der Waals surface area (Å²) >= 11 is 0. The Kier molecular flexibility index (Phi) is 6.12. The van der Waals surface area contributed by atoms with Gasteiger partial charge in [0.1, 0.15) is 5.82 Å². The fourth-order valence-corrected chi connectivity index (χ4v) is 3.32. The summed E-state index contributed by atoms with van der Waals surface area (Å²) in [6.07, 6.45) is -0.811. The minimum atomic E-state index is -4.87. The summed E-state index contributed by atoms with van der Waals surface area (Å²) < 4.78 is 38.4. The van der Waals surface area contributed by atoms with Crippen LogP contribution in [-0.2, 0) is 0 Å². The second-order valence-corrected chi connectivity index (χ2v) is 7.50. The molecule has 0 radical (unpaired) electrons. The third-order valence-corrected chi connectivity index (χ3v) is 5.12. The number of carbonyl (C=O) groups excluding carboxylic acids is 1. The van der Waals surface area contributed by atoms with Crippen LogP contribution in [0.15, 0.2) is 55.2 Å². The SMILES string of the molecule is CNc1cc2ncc(-c3cc(NC(=O)c4cncc(C(O)C(F)(F)F)c4)cnc3C)cc2cn1. The van der Waals surface area contributed by atoms with Crippen LogP contribution in [0.3, 0.4) is 0 Å². The third-order valence-electron chi connectivity index (χ3n) is 5.12. The molecule has 174 valence electrons. The van der Waals surface area contributed by atoms with Gasteiger partial charge in [0.15, 0.2) is 6.10 Å². The lowest BCUT2D eigenvalue weighted by molar-refractivity contribution is -0.206. The molecule has 4 rings (SSSR count). The largest absolute Gasteiger partial charge is 0.418 e. The molecule has 11 heteroatoms. The average molecular weight is 468 g/mol. The molecule has 4 heterocycles. The molecule has 0 aliphatic carbocycles. The first kappa shape index (κ1) is 23.1. The minimum absolute atomic E-state index is 0.137. The Morgan fingerprint density at radius 2 is 1.79 bits per heavy atom. The van der Waals surface area contributed by atoms with E-state index in [4.69, 9.17) is 0 Å². The summed E-state index contributed by atoms with van der Waals surface area (Å²) in [5.41, 5.74) is 2.58. The number of aromatic nitrogens is 4. The summed E-state index contributed by atoms with van der Waals surface area (Å²) in [6.45, 7) is 1.80. The molecule has 4 aromatic heterocycles. The van der Waals surface area contributed by atoms with Crippen molar-refractivity contribution in [1.82, 2.24) is 19.9 Å². The molecule has 34 heavy (non-hydrogen) atoms. The van der Waals surface area contributed by atoms with E-state index in [-0.39, 0.29) is 5.56 Å². The van der Waals surface area contributed by atoms with Gasteiger partial charge < -0.3 is 15.7 Å². The van der Waals surface area contributed by atoms with E-state index in [1.54, 1.807) is 32.4 Å². The smallest absolute Gasteiger partial charge is 0.379 e. The fraction of sp³-hybridized carbons (Fsp3) is 0.174. The number of hydrogen-bond donors (Lipinski definition) is 3. The Labute approximate surface area is 191 Å². The number of nitrogens with zero attached hydrogens (tertiary/aromatic N) is 4. The standard InChI is InChI=1S/C23H19F3N6O2/c1-12-18(13-3-14-10-31-20(27-2)6-19(14)30-9-13)5-17(11-29-12)32-22(34)16-4-15(7-28-8-16)21(33)23(24,25)26/h3-11,21,33H,1-2H3,(H,27,31)(H,32,34). The maximum absolute atomic E-state index is 12.8. The Bertz CT molecular complexity index is 1380. The van der Waals surface area contributed by atoms with Crippen LogP contribution in [0.2, 0.25) is 0 Å². The number of aliphatic hydroxyl groups is 1. The monoisotopic (exact) mass is 468 g/mol. The Hall–Kier alpha value is -4.12. The number of nitrogens with one attached hydrogen (secondary N) is 2. The maximum atomic E-state index is 12.8. The highest BCUT2D eigenvalue weighted by Crippen LogP contribution is 2.32. The summed E-state index contributed by atoms with van der Waals surface area (Å²) in [7, 11) is 1.77. The van der Waals surface area contributed by atoms with Crippen LogP contribution in [0.1, 0.15) is 27.7 Å². The van der Waals surface area contributed by atoms with E-state index in [0.717, 1.165) is 34.9 Å². The quantitative estimate of drug-likeness (QED) is 0.401. The third kappa shape index (κ3) is 4.79. The van der Waals surface area contributed by atoms with Crippen LogP contribution >= 0.6 is 0 Å². The van der Waals surface area contributed by atoms with Gasteiger partial charge in [0, 0.05) is 65.7 Å². The van der Waals surface area contributed by atoms with Crippen molar-refractivity contribution in [3.8, 4) is 11.1 Å². The van der Waals surface area contributed by atoms with Crippen LogP contribution in [0.25, 0.3) is 22.0 Å². The number of anilines is 2. The second-order valence-electron chi connectivity index (χ2n) is 7.50. The van der Waals surface area contributed by atoms with Gasteiger partial charge in [-0.2, -0.15) is 13.2 Å². The minimum Gasteiger partial charge on any atom is -0.379 e. The van der Waals surface area contributed by atoms with E-state index in [1.165, 1.54) is 6.20 Å². The second kappa shape index (κ2) is 9.02. The highest BCUT2D eigenvalue weighted by atomic mass is 19.4. The van der Waals surface area contributed by atoms with Crippen molar-refractivity contribution in [2.45, 2.75) is 19.2 Å². The first-order valence-corrected chi connectivity index (χ1v) is 10.1. The maximum Gasteiger partial charge on any atom is 0.418 e. The number of fused-ring (bicyclic) bond motifs is 1. The predicted molar refractivity (Wildman–Crippen MR) is 120 cm³/mol. The Morgan fingerprint density at radius 3 is 2.53 bits per heavy atom. The molecule has 0 aliphatic rings. The summed E-state index contributed by atoms with van der Waals surface area (Å²) in [4.78, 5) is 29.4. The van der Waals surface area contributed by atoms with E-state index in [9.17, 15) is 23.1 Å². The zero-order valence-electron chi connectivity index (χ0n) is 18.1. The normalized spacial score (nSPS) is 12.4. The molecule has 8 nitrogen and oxygen atoms in total. The number of carbonyl (C=O) groups is 1. The van der Waals surface area contributed by atoms with Crippen molar-refractivity contribution in [2.24, 2.45) is 0 Å². The highest BCUT2D eigenvalue weighted by Gasteiger charge is 2.39. The van der Waals surface area contributed by atoms with Gasteiger partial charge in [0.25, 0.3) is 5.91 Å². The first-order chi connectivity index (χ1) is 16.2. The zero-order valence-corrected chi connectivity index (χ0v) is 18.1. The van der Waals surface area contributed by atoms with Crippen molar-refractivity contribution in [1.29, 1.82) is 0 Å². The van der Waals surface area contributed by atoms with E-state index in [1.807, 2.05) is 12.1 Å². The van der Waals surface area contributed by atoms with Gasteiger partial charge in [-0.1, -0.05) is 0 Å². The molecule has 0 saturated carbocycles. The van der Waals surface area contributed by atoms with E-state index in [2.05, 4.69) is 30.6 Å². The van der Waals surface area contributed by atoms with Gasteiger partial charge >= 0.3 is 6.18 Å². The summed E-state index contributed by atoms with van der Waals surface area (Å²) in [5.74, 6) is -0.00243. The van der Waals surface area contributed by atoms with E-state index < -0.39 is 23.8 Å². The van der Waals surface area contributed by atoms with Gasteiger partial charge in [-0.3, -0.25) is 19.7 Å². The van der Waals surface area contributed by atoms with Gasteiger partial charge in [0.2, 0.25) is 0 Å². The van der Waals surface area contributed by atoms with E-state index >= 15 is 0 Å². The molecule has 0 bridgehead atoms. The predicted octanol–water partition coefficient (Wildman–Crippen LogP) is 4.28. The lowest BCUT2D eigenvalue weighted by atomic mass is 10.0. The molecule has 0 fully saturated rings. The number of aryl methyl sites for hydroxylation is 1. The molecular weight excluding hydrogens is 449 g/mol. The lowest BCUT2D eigenvalue weighted by Gasteiger charge is -2.15. The summed E-state index contributed by atoms with van der Waals surface area (Å²) in [6, 6.07) is 6.36. The molecule has 0 spiro atoms. The molecule has 3 N–H and O–H groups in total. The topological polar surface area (TPSA) is 113 Å². The molecule has 1 atom stereocenters. The molecule has 0 aromatic carbocycles. The van der Waals surface area contributed by atoms with Crippen LogP contribution in [-0.4, -0.2) is 44.2 Å².